The molecule has 35 heavy (non-hydrogen) atoms. The van der Waals surface area contributed by atoms with Gasteiger partial charge in [-0.05, 0) is 45.1 Å². The topological polar surface area (TPSA) is 96.0 Å². The Morgan fingerprint density at radius 2 is 1.80 bits per heavy atom. The summed E-state index contributed by atoms with van der Waals surface area (Å²) in [5.74, 6) is -0.285. The Balaban J connectivity index is 0.000000803. The Kier molecular flexibility index (Phi) is 12.2. The van der Waals surface area contributed by atoms with Crippen LogP contribution in [-0.4, -0.2) is 74.3 Å². The molecule has 0 bridgehead atoms. The van der Waals surface area contributed by atoms with Gasteiger partial charge in [0.1, 0.15) is 5.82 Å². The first-order chi connectivity index (χ1) is 17.1. The number of aliphatic hydroxyl groups is 1. The average Bonchev–Trinajstić information content (AvgIpc) is 3.25. The van der Waals surface area contributed by atoms with Crippen LogP contribution in [-0.2, 0) is 11.4 Å². The van der Waals surface area contributed by atoms with Crippen LogP contribution in [0.15, 0.2) is 48.7 Å². The molecule has 0 unspecified atom stereocenters. The number of hydrogen-bond donors (Lipinski definition) is 3. The van der Waals surface area contributed by atoms with Crippen molar-refractivity contribution in [2.45, 2.75) is 19.9 Å². The highest BCUT2D eigenvalue weighted by Gasteiger charge is 2.19. The van der Waals surface area contributed by atoms with E-state index in [1.807, 2.05) is 24.4 Å². The lowest BCUT2D eigenvalue weighted by Gasteiger charge is -2.37. The number of aliphatic hydroxyl groups excluding tert-OH is 1. The van der Waals surface area contributed by atoms with Gasteiger partial charge in [-0.2, -0.15) is 0 Å². The summed E-state index contributed by atoms with van der Waals surface area (Å²) in [6.07, 6.45) is 3.90. The van der Waals surface area contributed by atoms with Gasteiger partial charge >= 0.3 is 0 Å². The van der Waals surface area contributed by atoms with E-state index in [1.165, 1.54) is 26.3 Å². The number of halogens is 1. The molecule has 4 rings (SSSR count). The SMILES string of the molecule is CCO.CN.CONc1cc(F)ccc1N1CCN(CCCn2cc(C=O)c3ccccc32)CC1. The van der Waals surface area contributed by atoms with Crippen LogP contribution >= 0.6 is 0 Å². The summed E-state index contributed by atoms with van der Waals surface area (Å²) in [7, 11) is 3.03. The van der Waals surface area contributed by atoms with Crippen molar-refractivity contribution in [2.24, 2.45) is 5.73 Å². The number of rotatable bonds is 8. The first-order valence-corrected chi connectivity index (χ1v) is 11.9. The largest absolute Gasteiger partial charge is 0.397 e. The van der Waals surface area contributed by atoms with Gasteiger partial charge in [0.25, 0.3) is 0 Å². The van der Waals surface area contributed by atoms with E-state index < -0.39 is 0 Å². The molecule has 1 aliphatic heterocycles. The Hall–Kier alpha value is -2.98. The molecule has 9 heteroatoms. The van der Waals surface area contributed by atoms with E-state index in [1.54, 1.807) is 13.0 Å². The lowest BCUT2D eigenvalue weighted by molar-refractivity contribution is 0.112. The monoisotopic (exact) mass is 487 g/mol. The van der Waals surface area contributed by atoms with Crippen LogP contribution < -0.4 is 16.1 Å². The molecule has 0 amide bonds. The molecule has 0 saturated carbocycles. The predicted molar refractivity (Wildman–Crippen MR) is 140 cm³/mol. The van der Waals surface area contributed by atoms with Crippen LogP contribution in [0, 0.1) is 5.82 Å². The third-order valence-corrected chi connectivity index (χ3v) is 5.70. The second kappa shape index (κ2) is 15.1. The maximum Gasteiger partial charge on any atom is 0.152 e. The van der Waals surface area contributed by atoms with Gasteiger partial charge < -0.3 is 20.3 Å². The van der Waals surface area contributed by atoms with Crippen LogP contribution in [0.25, 0.3) is 10.9 Å². The third-order valence-electron chi connectivity index (χ3n) is 5.70. The quantitative estimate of drug-likeness (QED) is 0.331. The van der Waals surface area contributed by atoms with Gasteiger partial charge in [0, 0.05) is 68.1 Å². The van der Waals surface area contributed by atoms with Crippen molar-refractivity contribution < 1.29 is 19.1 Å². The molecule has 4 N–H and O–H groups in total. The fourth-order valence-electron chi connectivity index (χ4n) is 4.21. The highest BCUT2D eigenvalue weighted by molar-refractivity contribution is 5.97. The van der Waals surface area contributed by atoms with Crippen molar-refractivity contribution in [3.05, 3.63) is 60.0 Å². The molecular formula is C26H38FN5O3. The van der Waals surface area contributed by atoms with Crippen LogP contribution in [0.5, 0.6) is 0 Å². The maximum atomic E-state index is 13.6. The number of carbonyl (C=O) groups excluding carboxylic acids is 1. The summed E-state index contributed by atoms with van der Waals surface area (Å²) in [6, 6.07) is 12.8. The zero-order valence-electron chi connectivity index (χ0n) is 20.9. The van der Waals surface area contributed by atoms with Gasteiger partial charge in [-0.25, -0.2) is 4.39 Å². The zero-order valence-corrected chi connectivity index (χ0v) is 20.9. The number of fused-ring (bicyclic) bond motifs is 1. The normalized spacial score (nSPS) is 13.5. The highest BCUT2D eigenvalue weighted by Crippen LogP contribution is 2.28. The van der Waals surface area contributed by atoms with E-state index in [0.29, 0.717) is 5.69 Å². The molecule has 2 aromatic carbocycles. The molecular weight excluding hydrogens is 449 g/mol. The number of anilines is 2. The first kappa shape index (κ1) is 28.3. The maximum absolute atomic E-state index is 13.6. The molecule has 192 valence electrons. The molecule has 1 aromatic heterocycles. The highest BCUT2D eigenvalue weighted by atomic mass is 19.1. The van der Waals surface area contributed by atoms with Crippen molar-refractivity contribution >= 4 is 28.6 Å². The lowest BCUT2D eigenvalue weighted by Crippen LogP contribution is -2.47. The number of benzene rings is 2. The zero-order chi connectivity index (χ0) is 25.6. The fraction of sp³-hybridized carbons (Fsp3) is 0.423. The average molecular weight is 488 g/mol. The van der Waals surface area contributed by atoms with E-state index in [0.717, 1.165) is 74.1 Å². The number of carbonyl (C=O) groups is 1. The van der Waals surface area contributed by atoms with E-state index in [9.17, 15) is 9.18 Å². The summed E-state index contributed by atoms with van der Waals surface area (Å²) >= 11 is 0. The minimum Gasteiger partial charge on any atom is -0.397 e. The Labute approximate surface area is 207 Å². The molecule has 0 spiro atoms. The standard InChI is InChI=1S/C23H27FN4O2.C2H6O.CH5N/c1-30-25-21-15-19(24)7-8-23(21)27-13-11-26(12-14-27)9-4-10-28-16-18(17-29)20-5-2-3-6-22(20)28;1-2-3;1-2/h2-3,5-8,15-17,25H,4,9-14H2,1H3;3H,2H2,1H3;2H2,1H3. The second-order valence-electron chi connectivity index (χ2n) is 7.88. The number of aldehydes is 1. The Morgan fingerprint density at radius 1 is 1.11 bits per heavy atom. The number of para-hydroxylation sites is 1. The van der Waals surface area contributed by atoms with Gasteiger partial charge in [-0.3, -0.25) is 20.0 Å². The first-order valence-electron chi connectivity index (χ1n) is 11.9. The van der Waals surface area contributed by atoms with E-state index >= 15 is 0 Å². The number of aromatic nitrogens is 1. The molecule has 0 aliphatic carbocycles. The summed E-state index contributed by atoms with van der Waals surface area (Å²) in [5.41, 5.74) is 10.7. The van der Waals surface area contributed by atoms with Crippen molar-refractivity contribution in [3.63, 3.8) is 0 Å². The summed E-state index contributed by atoms with van der Waals surface area (Å²) in [6.45, 7) is 7.49. The minimum atomic E-state index is -0.285. The number of nitrogens with zero attached hydrogens (tertiary/aromatic N) is 3. The Bertz CT molecular complexity index is 1030. The Morgan fingerprint density at radius 3 is 2.46 bits per heavy atom. The van der Waals surface area contributed by atoms with Gasteiger partial charge in [-0.1, -0.05) is 18.2 Å². The fourth-order valence-corrected chi connectivity index (χ4v) is 4.21. The minimum absolute atomic E-state index is 0.250. The third kappa shape index (κ3) is 7.76. The second-order valence-corrected chi connectivity index (χ2v) is 7.88. The molecule has 0 atom stereocenters. The smallest absolute Gasteiger partial charge is 0.152 e. The number of nitrogens with one attached hydrogen (secondary N) is 1. The number of piperazine rings is 1. The molecule has 1 fully saturated rings. The predicted octanol–water partition coefficient (Wildman–Crippen LogP) is 3.35. The van der Waals surface area contributed by atoms with Gasteiger partial charge in [-0.15, -0.1) is 0 Å². The molecule has 0 radical (unpaired) electrons. The molecule has 1 saturated heterocycles. The van der Waals surface area contributed by atoms with Gasteiger partial charge in [0.2, 0.25) is 0 Å². The van der Waals surface area contributed by atoms with Crippen molar-refractivity contribution in [1.82, 2.24) is 9.47 Å². The van der Waals surface area contributed by atoms with Crippen LogP contribution in [0.3, 0.4) is 0 Å². The van der Waals surface area contributed by atoms with Crippen LogP contribution in [0.1, 0.15) is 23.7 Å². The molecule has 8 nitrogen and oxygen atoms in total. The van der Waals surface area contributed by atoms with Crippen molar-refractivity contribution in [3.8, 4) is 0 Å². The lowest BCUT2D eigenvalue weighted by atomic mass is 10.2. The van der Waals surface area contributed by atoms with E-state index in [-0.39, 0.29) is 12.4 Å². The van der Waals surface area contributed by atoms with E-state index in [2.05, 4.69) is 31.6 Å². The molecule has 1 aliphatic rings. The van der Waals surface area contributed by atoms with Crippen LogP contribution in [0.4, 0.5) is 15.8 Å². The summed E-state index contributed by atoms with van der Waals surface area (Å²) in [5, 5.41) is 8.58. The van der Waals surface area contributed by atoms with E-state index in [4.69, 9.17) is 9.94 Å². The van der Waals surface area contributed by atoms with Gasteiger partial charge in [0.05, 0.1) is 18.5 Å². The molecule has 3 aromatic rings. The van der Waals surface area contributed by atoms with Crippen molar-refractivity contribution in [1.29, 1.82) is 0 Å². The number of nitrogens with two attached hydrogens (primary N) is 1. The number of aryl methyl sites for hydroxylation is 1. The van der Waals surface area contributed by atoms with Gasteiger partial charge in [0.15, 0.2) is 6.29 Å². The summed E-state index contributed by atoms with van der Waals surface area (Å²) < 4.78 is 15.7. The molecule has 2 heterocycles. The van der Waals surface area contributed by atoms with Crippen molar-refractivity contribution in [2.75, 3.05) is 63.9 Å². The number of hydrogen-bond acceptors (Lipinski definition) is 7. The summed E-state index contributed by atoms with van der Waals surface area (Å²) in [4.78, 5) is 21.0. The van der Waals surface area contributed by atoms with Crippen LogP contribution in [0.2, 0.25) is 0 Å².